The summed E-state index contributed by atoms with van der Waals surface area (Å²) in [7, 11) is 0. The molecule has 2 unspecified atom stereocenters. The minimum atomic E-state index is -0.880. The third kappa shape index (κ3) is 8.90. The van der Waals surface area contributed by atoms with Crippen LogP contribution < -0.4 is 20.7 Å². The van der Waals surface area contributed by atoms with Crippen molar-refractivity contribution in [3.8, 4) is 11.5 Å². The zero-order valence-electron chi connectivity index (χ0n) is 26.3. The molecule has 0 saturated carbocycles. The molecule has 1 aromatic heterocycles. The molecule has 46 heavy (non-hydrogen) atoms. The number of amidine groups is 1. The SMILES string of the molecule is CC1[C@@H](C)CC(C(=O)NCc2cc(C(=N)NC(=O)OC(C)(C)C)c(F)s2)N1C(=O)CNC(=O)c1ccc(Oc2ccccc2)cc1. The summed E-state index contributed by atoms with van der Waals surface area (Å²) in [4.78, 5) is 53.2. The lowest BCUT2D eigenvalue weighted by Crippen LogP contribution is -2.51. The Morgan fingerprint density at radius 3 is 2.30 bits per heavy atom. The number of nitrogens with zero attached hydrogens (tertiary/aromatic N) is 1. The molecular formula is C33H38FN5O6S. The Bertz CT molecular complexity index is 1590. The summed E-state index contributed by atoms with van der Waals surface area (Å²) >= 11 is 0.736. The molecule has 0 spiro atoms. The van der Waals surface area contributed by atoms with E-state index in [2.05, 4.69) is 16.0 Å². The highest BCUT2D eigenvalue weighted by molar-refractivity contribution is 7.10. The number of para-hydroxylation sites is 1. The first-order chi connectivity index (χ1) is 21.7. The number of amides is 4. The van der Waals surface area contributed by atoms with Gasteiger partial charge in [-0.05, 0) is 82.5 Å². The predicted octanol–water partition coefficient (Wildman–Crippen LogP) is 5.20. The van der Waals surface area contributed by atoms with Gasteiger partial charge < -0.3 is 25.0 Å². The van der Waals surface area contributed by atoms with Gasteiger partial charge >= 0.3 is 6.09 Å². The number of benzene rings is 2. The zero-order valence-corrected chi connectivity index (χ0v) is 27.1. The third-order valence-corrected chi connectivity index (χ3v) is 8.27. The van der Waals surface area contributed by atoms with Crippen molar-refractivity contribution < 1.29 is 33.0 Å². The van der Waals surface area contributed by atoms with Crippen LogP contribution in [0.1, 0.15) is 61.8 Å². The lowest BCUT2D eigenvalue weighted by molar-refractivity contribution is -0.139. The molecular weight excluding hydrogens is 613 g/mol. The first-order valence-electron chi connectivity index (χ1n) is 14.8. The molecule has 11 nitrogen and oxygen atoms in total. The van der Waals surface area contributed by atoms with Crippen molar-refractivity contribution >= 4 is 41.0 Å². The Balaban J connectivity index is 1.31. The van der Waals surface area contributed by atoms with Crippen molar-refractivity contribution in [1.82, 2.24) is 20.9 Å². The second-order valence-electron chi connectivity index (χ2n) is 12.0. The number of carbonyl (C=O) groups excluding carboxylic acids is 4. The number of halogens is 1. The van der Waals surface area contributed by atoms with E-state index >= 15 is 0 Å². The number of carbonyl (C=O) groups is 4. The minimum absolute atomic E-state index is 0.0257. The van der Waals surface area contributed by atoms with Crippen molar-refractivity contribution in [1.29, 1.82) is 5.41 Å². The number of hydrogen-bond donors (Lipinski definition) is 4. The number of alkyl carbamates (subject to hydrolysis) is 1. The first-order valence-corrected chi connectivity index (χ1v) is 15.6. The van der Waals surface area contributed by atoms with Gasteiger partial charge in [-0.2, -0.15) is 4.39 Å². The van der Waals surface area contributed by atoms with Crippen LogP contribution in [0.2, 0.25) is 0 Å². The second kappa shape index (κ2) is 14.5. The maximum absolute atomic E-state index is 14.6. The van der Waals surface area contributed by atoms with Crippen molar-refractivity contribution in [2.24, 2.45) is 5.92 Å². The molecule has 2 aromatic carbocycles. The van der Waals surface area contributed by atoms with Gasteiger partial charge in [-0.1, -0.05) is 25.1 Å². The van der Waals surface area contributed by atoms with Crippen LogP contribution in [0.5, 0.6) is 11.5 Å². The largest absolute Gasteiger partial charge is 0.457 e. The molecule has 0 radical (unpaired) electrons. The Labute approximate surface area is 271 Å². The van der Waals surface area contributed by atoms with Crippen molar-refractivity contribution in [2.45, 2.75) is 65.3 Å². The number of hydrogen-bond acceptors (Lipinski definition) is 8. The fraction of sp³-hybridized carbons (Fsp3) is 0.364. The van der Waals surface area contributed by atoms with E-state index in [-0.39, 0.29) is 30.6 Å². The smallest absolute Gasteiger partial charge is 0.413 e. The van der Waals surface area contributed by atoms with Crippen LogP contribution in [0.4, 0.5) is 9.18 Å². The molecule has 1 saturated heterocycles. The molecule has 4 N–H and O–H groups in total. The molecule has 4 amide bonds. The molecule has 244 valence electrons. The average Bonchev–Trinajstić information content (AvgIpc) is 3.52. The summed E-state index contributed by atoms with van der Waals surface area (Å²) in [5.74, 6) is -0.472. The minimum Gasteiger partial charge on any atom is -0.457 e. The summed E-state index contributed by atoms with van der Waals surface area (Å²) in [5.41, 5.74) is -0.565. The van der Waals surface area contributed by atoms with Crippen LogP contribution in [-0.2, 0) is 20.9 Å². The standard InChI is InChI=1S/C33H38FN5O6S/c1-19-15-26(31(42)36-17-24-16-25(28(34)46-24)29(35)38-32(43)45-33(3,4)5)39(20(19)2)27(40)18-37-30(41)21-11-13-23(14-12-21)44-22-9-7-6-8-10-22/h6-14,16,19-20,26H,15,17-18H2,1-5H3,(H,36,42)(H,37,41)(H2,35,38,43)/t19-,20?,26?/m0/s1. The van der Waals surface area contributed by atoms with Gasteiger partial charge in [0.15, 0.2) is 5.13 Å². The van der Waals surface area contributed by atoms with Crippen LogP contribution in [0.15, 0.2) is 60.7 Å². The summed E-state index contributed by atoms with van der Waals surface area (Å²) in [6, 6.07) is 16.1. The third-order valence-electron chi connectivity index (χ3n) is 7.35. The molecule has 1 fully saturated rings. The number of ether oxygens (including phenoxy) is 2. The highest BCUT2D eigenvalue weighted by Gasteiger charge is 2.42. The highest BCUT2D eigenvalue weighted by Crippen LogP contribution is 2.30. The normalized spacial score (nSPS) is 17.6. The Hall–Kier alpha value is -4.78. The predicted molar refractivity (Wildman–Crippen MR) is 171 cm³/mol. The molecule has 0 aliphatic carbocycles. The lowest BCUT2D eigenvalue weighted by atomic mass is 10.0. The van der Waals surface area contributed by atoms with Crippen molar-refractivity contribution in [3.63, 3.8) is 0 Å². The number of likely N-dealkylation sites (tertiary alicyclic amines) is 1. The van der Waals surface area contributed by atoms with Crippen LogP contribution in [0.25, 0.3) is 0 Å². The van der Waals surface area contributed by atoms with E-state index in [0.29, 0.717) is 28.4 Å². The van der Waals surface area contributed by atoms with Gasteiger partial charge in [-0.3, -0.25) is 25.1 Å². The van der Waals surface area contributed by atoms with Crippen LogP contribution in [-0.4, -0.2) is 58.8 Å². The van der Waals surface area contributed by atoms with E-state index in [4.69, 9.17) is 14.9 Å². The second-order valence-corrected chi connectivity index (χ2v) is 13.1. The fourth-order valence-corrected chi connectivity index (χ4v) is 5.77. The zero-order chi connectivity index (χ0) is 33.6. The summed E-state index contributed by atoms with van der Waals surface area (Å²) in [6.07, 6.45) is -0.459. The van der Waals surface area contributed by atoms with E-state index in [9.17, 15) is 23.6 Å². The molecule has 1 aliphatic heterocycles. The quantitative estimate of drug-likeness (QED) is 0.185. The van der Waals surface area contributed by atoms with Gasteiger partial charge in [0, 0.05) is 16.5 Å². The van der Waals surface area contributed by atoms with Crippen LogP contribution in [0.3, 0.4) is 0 Å². The summed E-state index contributed by atoms with van der Waals surface area (Å²) in [5, 5.41) is 15.0. The molecule has 3 aromatic rings. The van der Waals surface area contributed by atoms with Crippen molar-refractivity contribution in [2.75, 3.05) is 6.54 Å². The van der Waals surface area contributed by atoms with Crippen LogP contribution >= 0.6 is 11.3 Å². The highest BCUT2D eigenvalue weighted by atomic mass is 32.1. The van der Waals surface area contributed by atoms with Crippen LogP contribution in [0, 0.1) is 16.5 Å². The van der Waals surface area contributed by atoms with E-state index in [1.807, 2.05) is 44.2 Å². The Morgan fingerprint density at radius 1 is 1.00 bits per heavy atom. The molecule has 3 atom stereocenters. The van der Waals surface area contributed by atoms with Gasteiger partial charge in [0.1, 0.15) is 29.0 Å². The van der Waals surface area contributed by atoms with Gasteiger partial charge in [0.25, 0.3) is 5.91 Å². The molecule has 4 rings (SSSR count). The average molecular weight is 652 g/mol. The van der Waals surface area contributed by atoms with Gasteiger partial charge in [-0.15, -0.1) is 11.3 Å². The van der Waals surface area contributed by atoms with Gasteiger partial charge in [-0.25, -0.2) is 4.79 Å². The monoisotopic (exact) mass is 651 g/mol. The maximum atomic E-state index is 14.6. The van der Waals surface area contributed by atoms with Gasteiger partial charge in [0.2, 0.25) is 11.8 Å². The molecule has 1 aliphatic rings. The summed E-state index contributed by atoms with van der Waals surface area (Å²) < 4.78 is 25.5. The summed E-state index contributed by atoms with van der Waals surface area (Å²) in [6.45, 7) is 8.47. The van der Waals surface area contributed by atoms with Crippen molar-refractivity contribution in [3.05, 3.63) is 81.8 Å². The molecule has 0 bridgehead atoms. The maximum Gasteiger partial charge on any atom is 0.413 e. The number of nitrogens with one attached hydrogen (secondary N) is 4. The Kier molecular flexibility index (Phi) is 10.8. The molecule has 13 heteroatoms. The van der Waals surface area contributed by atoms with E-state index in [1.54, 1.807) is 45.0 Å². The lowest BCUT2D eigenvalue weighted by Gasteiger charge is -2.28. The molecule has 2 heterocycles. The Morgan fingerprint density at radius 2 is 1.65 bits per heavy atom. The van der Waals surface area contributed by atoms with E-state index in [1.165, 1.54) is 11.0 Å². The van der Waals surface area contributed by atoms with Gasteiger partial charge in [0.05, 0.1) is 18.7 Å². The van der Waals surface area contributed by atoms with E-state index in [0.717, 1.165) is 11.3 Å². The first kappa shape index (κ1) is 34.1. The fourth-order valence-electron chi connectivity index (χ4n) is 4.94. The number of rotatable bonds is 9. The number of thiophene rings is 1. The van der Waals surface area contributed by atoms with E-state index < -0.39 is 46.4 Å². The topological polar surface area (TPSA) is 150 Å².